The van der Waals surface area contributed by atoms with Crippen LogP contribution in [0, 0.1) is 0 Å². The second-order valence-electron chi connectivity index (χ2n) is 9.60. The summed E-state index contributed by atoms with van der Waals surface area (Å²) in [5.41, 5.74) is 4.33. The van der Waals surface area contributed by atoms with Crippen LogP contribution in [0.4, 0.5) is 5.00 Å². The van der Waals surface area contributed by atoms with Gasteiger partial charge >= 0.3 is 0 Å². The number of aromatic nitrogens is 1. The van der Waals surface area contributed by atoms with Crippen molar-refractivity contribution in [1.82, 2.24) is 4.90 Å². The summed E-state index contributed by atoms with van der Waals surface area (Å²) in [6, 6.07) is 9.31. The number of anilines is 1. The molecule has 34 heavy (non-hydrogen) atoms. The van der Waals surface area contributed by atoms with Gasteiger partial charge in [-0.3, -0.25) is 0 Å². The molecule has 0 atom stereocenters. The quantitative estimate of drug-likeness (QED) is 0.262. The highest BCUT2D eigenvalue weighted by molar-refractivity contribution is 7.25. The summed E-state index contributed by atoms with van der Waals surface area (Å²) >= 11 is 3.91. The molecule has 0 bridgehead atoms. The molecule has 0 radical (unpaired) electrons. The highest BCUT2D eigenvalue weighted by Crippen LogP contribution is 2.57. The van der Waals surface area contributed by atoms with Crippen molar-refractivity contribution in [1.29, 1.82) is 0 Å². The molecule has 0 aliphatic heterocycles. The lowest BCUT2D eigenvalue weighted by atomic mass is 9.84. The Hall–Kier alpha value is -1.95. The maximum absolute atomic E-state index is 2.49. The number of hydrogen-bond donors (Lipinski definition) is 0. The van der Waals surface area contributed by atoms with E-state index in [1.165, 1.54) is 49.3 Å². The molecule has 0 unspecified atom stereocenters. The van der Waals surface area contributed by atoms with E-state index < -0.39 is 0 Å². The van der Waals surface area contributed by atoms with Crippen molar-refractivity contribution in [3.63, 3.8) is 0 Å². The molecule has 0 amide bonds. The highest BCUT2D eigenvalue weighted by atomic mass is 32.1. The molecule has 0 saturated carbocycles. The number of fused-ring (bicyclic) bond motifs is 3. The molecule has 3 nitrogen and oxygen atoms in total. The van der Waals surface area contributed by atoms with Gasteiger partial charge in [-0.05, 0) is 61.8 Å². The van der Waals surface area contributed by atoms with Crippen LogP contribution in [0.3, 0.4) is 0 Å². The summed E-state index contributed by atoms with van der Waals surface area (Å²) in [5.74, 6) is 0. The Bertz CT molecular complexity index is 1110. The maximum Gasteiger partial charge on any atom is 0.169 e. The van der Waals surface area contributed by atoms with Crippen LogP contribution in [-0.4, -0.2) is 37.6 Å². The first-order valence-electron chi connectivity index (χ1n) is 12.8. The molecular formula is C29H40N3S2+. The second-order valence-corrected chi connectivity index (χ2v) is 11.7. The van der Waals surface area contributed by atoms with E-state index in [4.69, 9.17) is 0 Å². The Labute approximate surface area is 214 Å². The van der Waals surface area contributed by atoms with Crippen LogP contribution in [0.2, 0.25) is 0 Å². The van der Waals surface area contributed by atoms with E-state index in [0.717, 1.165) is 32.7 Å². The van der Waals surface area contributed by atoms with Crippen LogP contribution in [-0.2, 0) is 12.0 Å². The standard InChI is InChI=1S/C29H40N3S2/c1-7-30(8-2)16-11-17-31-18-14-22(15-19-31)12-13-23-20-24-27(33-23)28-25(29(24,5)6)21-26(34-28)32(9-3)10-4/h12-15,18-21H,7-11,16-17H2,1-6H3/q+1. The summed E-state index contributed by atoms with van der Waals surface area (Å²) < 4.78 is 2.30. The van der Waals surface area contributed by atoms with Crippen LogP contribution in [0.15, 0.2) is 36.7 Å². The fourth-order valence-corrected chi connectivity index (χ4v) is 7.72. The third-order valence-corrected chi connectivity index (χ3v) is 9.70. The zero-order chi connectivity index (χ0) is 24.3. The van der Waals surface area contributed by atoms with Crippen molar-refractivity contribution in [3.8, 4) is 9.75 Å². The maximum atomic E-state index is 2.49. The van der Waals surface area contributed by atoms with E-state index in [1.807, 2.05) is 22.7 Å². The van der Waals surface area contributed by atoms with Gasteiger partial charge in [0, 0.05) is 53.4 Å². The SMILES string of the molecule is CCN(CC)CCC[n+]1ccc(/C=C/c2cc3c(s2)-c2sc(N(CC)CC)cc2C3(C)C)cc1. The lowest BCUT2D eigenvalue weighted by molar-refractivity contribution is -0.697. The molecular weight excluding hydrogens is 454 g/mol. The van der Waals surface area contributed by atoms with Crippen LogP contribution >= 0.6 is 22.7 Å². The van der Waals surface area contributed by atoms with E-state index in [2.05, 4.69) is 105 Å². The number of thiophene rings is 2. The zero-order valence-corrected chi connectivity index (χ0v) is 23.4. The Kier molecular flexibility index (Phi) is 7.96. The van der Waals surface area contributed by atoms with E-state index >= 15 is 0 Å². The minimum atomic E-state index is 0.0819. The number of hydrogen-bond acceptors (Lipinski definition) is 4. The smallest absolute Gasteiger partial charge is 0.169 e. The zero-order valence-electron chi connectivity index (χ0n) is 21.7. The molecule has 1 aliphatic carbocycles. The van der Waals surface area contributed by atoms with Crippen LogP contribution in [0.1, 0.15) is 69.5 Å². The number of nitrogens with zero attached hydrogens (tertiary/aromatic N) is 3. The van der Waals surface area contributed by atoms with Crippen molar-refractivity contribution in [2.24, 2.45) is 0 Å². The Balaban J connectivity index is 1.45. The van der Waals surface area contributed by atoms with Gasteiger partial charge in [0.15, 0.2) is 12.4 Å². The van der Waals surface area contributed by atoms with Crippen molar-refractivity contribution in [2.75, 3.05) is 37.6 Å². The molecule has 3 aromatic heterocycles. The predicted molar refractivity (Wildman–Crippen MR) is 151 cm³/mol. The largest absolute Gasteiger partial charge is 0.364 e. The van der Waals surface area contributed by atoms with Gasteiger partial charge in [0.2, 0.25) is 0 Å². The summed E-state index contributed by atoms with van der Waals surface area (Å²) in [7, 11) is 0. The number of rotatable bonds is 11. The van der Waals surface area contributed by atoms with Gasteiger partial charge in [-0.2, -0.15) is 0 Å². The second kappa shape index (κ2) is 10.8. The minimum absolute atomic E-state index is 0.0819. The van der Waals surface area contributed by atoms with Gasteiger partial charge in [-0.25, -0.2) is 4.57 Å². The fourth-order valence-electron chi connectivity index (χ4n) is 4.90. The summed E-state index contributed by atoms with van der Waals surface area (Å²) in [4.78, 5) is 9.26. The molecule has 0 aromatic carbocycles. The van der Waals surface area contributed by atoms with Crippen molar-refractivity contribution >= 4 is 39.8 Å². The molecule has 0 saturated heterocycles. The molecule has 1 aliphatic rings. The van der Waals surface area contributed by atoms with Crippen LogP contribution in [0.5, 0.6) is 0 Å². The van der Waals surface area contributed by atoms with Crippen molar-refractivity contribution < 1.29 is 4.57 Å². The molecule has 3 heterocycles. The topological polar surface area (TPSA) is 10.4 Å². The van der Waals surface area contributed by atoms with Gasteiger partial charge in [0.05, 0.1) is 9.88 Å². The predicted octanol–water partition coefficient (Wildman–Crippen LogP) is 7.15. The first kappa shape index (κ1) is 25.2. The Morgan fingerprint density at radius 3 is 2.15 bits per heavy atom. The summed E-state index contributed by atoms with van der Waals surface area (Å²) in [6.45, 7) is 20.4. The first-order valence-corrected chi connectivity index (χ1v) is 14.5. The highest BCUT2D eigenvalue weighted by Gasteiger charge is 2.39. The average Bonchev–Trinajstić information content (AvgIpc) is 3.51. The number of aryl methyl sites for hydroxylation is 1. The van der Waals surface area contributed by atoms with Crippen LogP contribution in [0.25, 0.3) is 21.9 Å². The minimum Gasteiger partial charge on any atom is -0.364 e. The molecule has 0 spiro atoms. The monoisotopic (exact) mass is 494 g/mol. The molecule has 3 aromatic rings. The Morgan fingerprint density at radius 1 is 0.853 bits per heavy atom. The third kappa shape index (κ3) is 5.02. The van der Waals surface area contributed by atoms with Crippen molar-refractivity contribution in [2.45, 2.75) is 59.9 Å². The van der Waals surface area contributed by atoms with Gasteiger partial charge in [-0.15, -0.1) is 22.7 Å². The van der Waals surface area contributed by atoms with Crippen LogP contribution < -0.4 is 9.47 Å². The number of pyridine rings is 1. The molecule has 0 fully saturated rings. The molecule has 0 N–H and O–H groups in total. The fraction of sp³-hybridized carbons (Fsp3) is 0.483. The summed E-state index contributed by atoms with van der Waals surface area (Å²) in [5, 5.41) is 1.41. The van der Waals surface area contributed by atoms with E-state index in [-0.39, 0.29) is 5.41 Å². The molecule has 182 valence electrons. The lowest BCUT2D eigenvalue weighted by Gasteiger charge is -2.21. The lowest BCUT2D eigenvalue weighted by Crippen LogP contribution is -2.35. The van der Waals surface area contributed by atoms with Gasteiger partial charge in [0.1, 0.15) is 6.54 Å². The van der Waals surface area contributed by atoms with E-state index in [1.54, 1.807) is 0 Å². The van der Waals surface area contributed by atoms with Gasteiger partial charge < -0.3 is 9.80 Å². The van der Waals surface area contributed by atoms with E-state index in [9.17, 15) is 0 Å². The average molecular weight is 495 g/mol. The third-order valence-electron chi connectivity index (χ3n) is 7.24. The Morgan fingerprint density at radius 2 is 1.50 bits per heavy atom. The summed E-state index contributed by atoms with van der Waals surface area (Å²) in [6.07, 6.45) is 10.2. The molecule has 5 heteroatoms. The van der Waals surface area contributed by atoms with E-state index in [0.29, 0.717) is 0 Å². The van der Waals surface area contributed by atoms with Crippen molar-refractivity contribution in [3.05, 3.63) is 58.2 Å². The first-order chi connectivity index (χ1) is 16.4. The molecule has 4 rings (SSSR count). The van der Waals surface area contributed by atoms with Gasteiger partial charge in [-0.1, -0.05) is 33.8 Å². The van der Waals surface area contributed by atoms with Gasteiger partial charge in [0.25, 0.3) is 0 Å². The normalized spacial score (nSPS) is 14.2.